The highest BCUT2D eigenvalue weighted by Crippen LogP contribution is 2.29. The minimum Gasteiger partial charge on any atom is -0.378 e. The van der Waals surface area contributed by atoms with Crippen molar-refractivity contribution >= 4 is 11.5 Å². The molecule has 2 saturated heterocycles. The molecule has 1 aromatic heterocycles. The molecule has 0 radical (unpaired) electrons. The standard InChI is InChI=1S/C25H40N6O/c1-20(2)24-23(25(28(4)27-24)31-14-16-32-17-15-31)19-26-18-21(3)29-10-12-30(13-11-29)22-8-6-5-7-9-22/h5-9,20-21,26H,10-19H2,1-4H3. The first-order valence-electron chi connectivity index (χ1n) is 12.2. The maximum atomic E-state index is 5.57. The van der Waals surface area contributed by atoms with E-state index < -0.39 is 0 Å². The Morgan fingerprint density at radius 2 is 1.62 bits per heavy atom. The van der Waals surface area contributed by atoms with E-state index in [0.29, 0.717) is 12.0 Å². The van der Waals surface area contributed by atoms with Gasteiger partial charge in [-0.3, -0.25) is 9.58 Å². The first-order chi connectivity index (χ1) is 15.5. The van der Waals surface area contributed by atoms with E-state index in [1.165, 1.54) is 22.8 Å². The van der Waals surface area contributed by atoms with Crippen LogP contribution in [0.2, 0.25) is 0 Å². The quantitative estimate of drug-likeness (QED) is 0.681. The largest absolute Gasteiger partial charge is 0.378 e. The first-order valence-corrected chi connectivity index (χ1v) is 12.2. The number of hydrogen-bond acceptors (Lipinski definition) is 6. The van der Waals surface area contributed by atoms with E-state index in [1.54, 1.807) is 0 Å². The lowest BCUT2D eigenvalue weighted by atomic mass is 10.0. The van der Waals surface area contributed by atoms with Crippen LogP contribution in [0.1, 0.15) is 37.9 Å². The molecule has 1 N–H and O–H groups in total. The normalized spacial score (nSPS) is 19.0. The maximum absolute atomic E-state index is 5.57. The number of piperazine rings is 1. The molecular formula is C25H40N6O. The van der Waals surface area contributed by atoms with Crippen molar-refractivity contribution in [3.8, 4) is 0 Å². The Bertz CT molecular complexity index is 838. The highest BCUT2D eigenvalue weighted by molar-refractivity contribution is 5.51. The van der Waals surface area contributed by atoms with Crippen LogP contribution in [0.4, 0.5) is 11.5 Å². The Kier molecular flexibility index (Phi) is 7.71. The Morgan fingerprint density at radius 1 is 0.938 bits per heavy atom. The first kappa shape index (κ1) is 23.1. The van der Waals surface area contributed by atoms with Crippen LogP contribution >= 0.6 is 0 Å². The molecule has 1 unspecified atom stereocenters. The van der Waals surface area contributed by atoms with Gasteiger partial charge in [0.05, 0.1) is 18.9 Å². The van der Waals surface area contributed by atoms with Crippen LogP contribution < -0.4 is 15.1 Å². The molecule has 7 nitrogen and oxygen atoms in total. The van der Waals surface area contributed by atoms with E-state index in [4.69, 9.17) is 9.84 Å². The van der Waals surface area contributed by atoms with Crippen LogP contribution in [-0.2, 0) is 18.3 Å². The lowest BCUT2D eigenvalue weighted by Gasteiger charge is -2.39. The van der Waals surface area contributed by atoms with Crippen LogP contribution in [0.25, 0.3) is 0 Å². The van der Waals surface area contributed by atoms with Crippen LogP contribution in [0.3, 0.4) is 0 Å². The molecule has 0 spiro atoms. The average molecular weight is 441 g/mol. The average Bonchev–Trinajstić information content (AvgIpc) is 3.16. The summed E-state index contributed by atoms with van der Waals surface area (Å²) >= 11 is 0. The fraction of sp³-hybridized carbons (Fsp3) is 0.640. The second-order valence-corrected chi connectivity index (χ2v) is 9.40. The van der Waals surface area contributed by atoms with Crippen molar-refractivity contribution in [1.82, 2.24) is 20.0 Å². The van der Waals surface area contributed by atoms with E-state index in [2.05, 4.69) is 82.8 Å². The Hall–Kier alpha value is -2.09. The summed E-state index contributed by atoms with van der Waals surface area (Å²) in [7, 11) is 2.08. The Morgan fingerprint density at radius 3 is 2.28 bits per heavy atom. The highest BCUT2D eigenvalue weighted by Gasteiger charge is 2.25. The predicted molar refractivity (Wildman–Crippen MR) is 132 cm³/mol. The second-order valence-electron chi connectivity index (χ2n) is 9.40. The van der Waals surface area contributed by atoms with Crippen molar-refractivity contribution in [2.24, 2.45) is 7.05 Å². The van der Waals surface area contributed by atoms with Crippen molar-refractivity contribution in [2.45, 2.75) is 39.3 Å². The Balaban J connectivity index is 1.33. The summed E-state index contributed by atoms with van der Waals surface area (Å²) in [5.74, 6) is 1.67. The van der Waals surface area contributed by atoms with E-state index >= 15 is 0 Å². The summed E-state index contributed by atoms with van der Waals surface area (Å²) in [4.78, 5) is 7.55. The van der Waals surface area contributed by atoms with Gasteiger partial charge in [-0.05, 0) is 25.0 Å². The van der Waals surface area contributed by atoms with Gasteiger partial charge in [0.1, 0.15) is 5.82 Å². The van der Waals surface area contributed by atoms with Crippen LogP contribution in [0, 0.1) is 0 Å². The highest BCUT2D eigenvalue weighted by atomic mass is 16.5. The summed E-state index contributed by atoms with van der Waals surface area (Å²) in [6.45, 7) is 16.5. The van der Waals surface area contributed by atoms with Gasteiger partial charge in [-0.2, -0.15) is 5.10 Å². The summed E-state index contributed by atoms with van der Waals surface area (Å²) < 4.78 is 7.65. The summed E-state index contributed by atoms with van der Waals surface area (Å²) in [5, 5.41) is 8.65. The third kappa shape index (κ3) is 5.27. The zero-order chi connectivity index (χ0) is 22.5. The van der Waals surface area contributed by atoms with Crippen molar-refractivity contribution < 1.29 is 4.74 Å². The molecule has 0 saturated carbocycles. The minimum atomic E-state index is 0.413. The zero-order valence-electron chi connectivity index (χ0n) is 20.3. The molecule has 7 heteroatoms. The van der Waals surface area contributed by atoms with Gasteiger partial charge in [0.25, 0.3) is 0 Å². The number of anilines is 2. The molecule has 1 atom stereocenters. The molecule has 2 fully saturated rings. The fourth-order valence-electron chi connectivity index (χ4n) is 4.98. The van der Waals surface area contributed by atoms with E-state index in [0.717, 1.165) is 65.6 Å². The second kappa shape index (κ2) is 10.7. The number of nitrogens with one attached hydrogen (secondary N) is 1. The summed E-state index contributed by atoms with van der Waals surface area (Å²) in [5.41, 5.74) is 3.91. The number of rotatable bonds is 8. The van der Waals surface area contributed by atoms with Gasteiger partial charge < -0.3 is 19.9 Å². The number of morpholine rings is 1. The zero-order valence-corrected chi connectivity index (χ0v) is 20.3. The van der Waals surface area contributed by atoms with Gasteiger partial charge in [-0.15, -0.1) is 0 Å². The molecule has 4 rings (SSSR count). The van der Waals surface area contributed by atoms with E-state index in [9.17, 15) is 0 Å². The maximum Gasteiger partial charge on any atom is 0.131 e. The predicted octanol–water partition coefficient (Wildman–Crippen LogP) is 2.68. The van der Waals surface area contributed by atoms with Crippen LogP contribution in [0.15, 0.2) is 30.3 Å². The molecule has 2 aliphatic heterocycles. The number of benzene rings is 1. The van der Waals surface area contributed by atoms with Crippen molar-refractivity contribution in [3.05, 3.63) is 41.6 Å². The lowest BCUT2D eigenvalue weighted by Crippen LogP contribution is -2.52. The van der Waals surface area contributed by atoms with Crippen molar-refractivity contribution in [2.75, 3.05) is 68.8 Å². The Labute approximate surface area is 193 Å². The molecule has 1 aromatic carbocycles. The minimum absolute atomic E-state index is 0.413. The van der Waals surface area contributed by atoms with Crippen molar-refractivity contribution in [1.29, 1.82) is 0 Å². The molecule has 0 aliphatic carbocycles. The lowest BCUT2D eigenvalue weighted by molar-refractivity contribution is 0.122. The SMILES string of the molecule is CC(C)c1nn(C)c(N2CCOCC2)c1CNCC(C)N1CCN(c2ccccc2)CC1. The van der Waals surface area contributed by atoms with E-state index in [1.807, 2.05) is 0 Å². The number of para-hydroxylation sites is 1. The van der Waals surface area contributed by atoms with Gasteiger partial charge in [0, 0.05) is 76.7 Å². The van der Waals surface area contributed by atoms with Gasteiger partial charge in [0.15, 0.2) is 0 Å². The summed E-state index contributed by atoms with van der Waals surface area (Å²) in [6.07, 6.45) is 0. The molecule has 3 heterocycles. The monoisotopic (exact) mass is 440 g/mol. The third-order valence-corrected chi connectivity index (χ3v) is 6.80. The number of aryl methyl sites for hydroxylation is 1. The smallest absolute Gasteiger partial charge is 0.131 e. The molecule has 32 heavy (non-hydrogen) atoms. The molecule has 2 aliphatic rings. The summed E-state index contributed by atoms with van der Waals surface area (Å²) in [6, 6.07) is 11.3. The van der Waals surface area contributed by atoms with Gasteiger partial charge in [0.2, 0.25) is 0 Å². The van der Waals surface area contributed by atoms with E-state index in [-0.39, 0.29) is 0 Å². The van der Waals surface area contributed by atoms with Crippen LogP contribution in [-0.4, -0.2) is 79.7 Å². The van der Waals surface area contributed by atoms with Crippen LogP contribution in [0.5, 0.6) is 0 Å². The van der Waals surface area contributed by atoms with Gasteiger partial charge in [-0.1, -0.05) is 32.0 Å². The number of ether oxygens (including phenoxy) is 1. The number of nitrogens with zero attached hydrogens (tertiary/aromatic N) is 5. The molecular weight excluding hydrogens is 400 g/mol. The van der Waals surface area contributed by atoms with Gasteiger partial charge >= 0.3 is 0 Å². The molecule has 2 aromatic rings. The molecule has 0 amide bonds. The fourth-order valence-corrected chi connectivity index (χ4v) is 4.98. The number of hydrogen-bond donors (Lipinski definition) is 1. The molecule has 176 valence electrons. The molecule has 0 bridgehead atoms. The van der Waals surface area contributed by atoms with Crippen molar-refractivity contribution in [3.63, 3.8) is 0 Å². The number of aromatic nitrogens is 2. The van der Waals surface area contributed by atoms with Gasteiger partial charge in [-0.25, -0.2) is 0 Å². The topological polar surface area (TPSA) is 48.8 Å². The third-order valence-electron chi connectivity index (χ3n) is 6.80.